The second-order valence-corrected chi connectivity index (χ2v) is 6.86. The van der Waals surface area contributed by atoms with Gasteiger partial charge in [-0.05, 0) is 56.3 Å². The maximum Gasteiger partial charge on any atom is 0.340 e. The number of nitro groups is 1. The molecule has 0 radical (unpaired) electrons. The van der Waals surface area contributed by atoms with Crippen LogP contribution in [-0.2, 0) is 9.53 Å². The topological polar surface area (TPSA) is 113 Å². The number of rotatable bonds is 7. The van der Waals surface area contributed by atoms with Gasteiger partial charge in [0, 0.05) is 17.1 Å². The summed E-state index contributed by atoms with van der Waals surface area (Å²) < 4.78 is 25.0. The fourth-order valence-electron chi connectivity index (χ4n) is 3.25. The van der Waals surface area contributed by atoms with Gasteiger partial charge in [0.15, 0.2) is 6.61 Å². The fraction of sp³-hybridized carbons (Fsp3) is 0.182. The van der Waals surface area contributed by atoms with E-state index in [1.54, 1.807) is 36.6 Å². The number of nitrogens with one attached hydrogen (secondary N) is 1. The van der Waals surface area contributed by atoms with Gasteiger partial charge in [-0.3, -0.25) is 14.9 Å². The normalized spacial score (nSPS) is 10.5. The van der Waals surface area contributed by atoms with Gasteiger partial charge in [-0.25, -0.2) is 9.18 Å². The minimum Gasteiger partial charge on any atom is -0.496 e. The van der Waals surface area contributed by atoms with Gasteiger partial charge < -0.3 is 19.4 Å². The Balaban J connectivity index is 1.70. The molecule has 166 valence electrons. The second kappa shape index (κ2) is 9.29. The van der Waals surface area contributed by atoms with E-state index in [4.69, 9.17) is 9.47 Å². The van der Waals surface area contributed by atoms with Crippen LogP contribution in [0.2, 0.25) is 0 Å². The van der Waals surface area contributed by atoms with Crippen molar-refractivity contribution >= 4 is 23.3 Å². The van der Waals surface area contributed by atoms with Gasteiger partial charge in [0.25, 0.3) is 11.6 Å². The highest BCUT2D eigenvalue weighted by Crippen LogP contribution is 2.29. The highest BCUT2D eigenvalue weighted by atomic mass is 19.1. The number of halogens is 1. The van der Waals surface area contributed by atoms with Gasteiger partial charge in [0.1, 0.15) is 17.3 Å². The zero-order valence-corrected chi connectivity index (χ0v) is 17.5. The maximum absolute atomic E-state index is 13.2. The third kappa shape index (κ3) is 4.75. The molecule has 9 nitrogen and oxygen atoms in total. The molecule has 0 fully saturated rings. The lowest BCUT2D eigenvalue weighted by Crippen LogP contribution is -2.21. The number of nitro benzene ring substituents is 1. The fourth-order valence-corrected chi connectivity index (χ4v) is 3.25. The van der Waals surface area contributed by atoms with Gasteiger partial charge in [-0.2, -0.15) is 0 Å². The molecule has 1 aromatic heterocycles. The minimum absolute atomic E-state index is 0.0497. The van der Waals surface area contributed by atoms with Crippen molar-refractivity contribution in [1.29, 1.82) is 0 Å². The van der Waals surface area contributed by atoms with E-state index in [1.807, 2.05) is 0 Å². The van der Waals surface area contributed by atoms with E-state index in [0.717, 1.165) is 5.69 Å². The first-order valence-corrected chi connectivity index (χ1v) is 9.45. The molecule has 0 unspecified atom stereocenters. The van der Waals surface area contributed by atoms with Crippen molar-refractivity contribution in [1.82, 2.24) is 4.57 Å². The number of methoxy groups -OCH3 is 1. The molecule has 0 aliphatic heterocycles. The quantitative estimate of drug-likeness (QED) is 0.338. The Labute approximate surface area is 182 Å². The van der Waals surface area contributed by atoms with E-state index in [0.29, 0.717) is 11.4 Å². The van der Waals surface area contributed by atoms with Gasteiger partial charge >= 0.3 is 5.97 Å². The standard InChI is InChI=1S/C22H20FN3O6/c1-13-10-18(14(2)25(13)16-6-4-15(23)5-7-16)22(28)32-12-21(27)24-19-9-8-17(31-3)11-20(19)26(29)30/h4-11H,12H2,1-3H3,(H,24,27). The van der Waals surface area contributed by atoms with Crippen LogP contribution in [-0.4, -0.2) is 35.1 Å². The lowest BCUT2D eigenvalue weighted by Gasteiger charge is -2.10. The molecule has 1 amide bonds. The molecular formula is C22H20FN3O6. The third-order valence-electron chi connectivity index (χ3n) is 4.75. The molecule has 0 aliphatic carbocycles. The third-order valence-corrected chi connectivity index (χ3v) is 4.75. The first kappa shape index (κ1) is 22.5. The zero-order valence-electron chi connectivity index (χ0n) is 17.5. The Kier molecular flexibility index (Phi) is 6.53. The highest BCUT2D eigenvalue weighted by molar-refractivity contribution is 5.97. The summed E-state index contributed by atoms with van der Waals surface area (Å²) in [5, 5.41) is 13.6. The number of aryl methyl sites for hydroxylation is 1. The minimum atomic E-state index is -0.737. The van der Waals surface area contributed by atoms with E-state index in [1.165, 1.54) is 37.4 Å². The molecule has 0 saturated heterocycles. The number of nitrogens with zero attached hydrogens (tertiary/aromatic N) is 2. The van der Waals surface area contributed by atoms with Crippen molar-refractivity contribution in [2.24, 2.45) is 0 Å². The Hall–Kier alpha value is -4.21. The Morgan fingerprint density at radius 3 is 2.44 bits per heavy atom. The lowest BCUT2D eigenvalue weighted by molar-refractivity contribution is -0.384. The number of benzene rings is 2. The van der Waals surface area contributed by atoms with E-state index in [2.05, 4.69) is 5.32 Å². The van der Waals surface area contributed by atoms with Crippen LogP contribution >= 0.6 is 0 Å². The SMILES string of the molecule is COc1ccc(NC(=O)COC(=O)c2cc(C)n(-c3ccc(F)cc3)c2C)c([N+](=O)[O-])c1. The number of carbonyl (C=O) groups excluding carboxylic acids is 2. The van der Waals surface area contributed by atoms with Crippen LogP contribution in [0.1, 0.15) is 21.7 Å². The first-order valence-electron chi connectivity index (χ1n) is 9.45. The van der Waals surface area contributed by atoms with Crippen molar-refractivity contribution in [3.05, 3.63) is 81.4 Å². The van der Waals surface area contributed by atoms with E-state index < -0.39 is 23.4 Å². The summed E-state index contributed by atoms with van der Waals surface area (Å²) in [4.78, 5) is 35.3. The van der Waals surface area contributed by atoms with Crippen molar-refractivity contribution in [3.63, 3.8) is 0 Å². The van der Waals surface area contributed by atoms with Crippen LogP contribution in [0.15, 0.2) is 48.5 Å². The summed E-state index contributed by atoms with van der Waals surface area (Å²) in [6, 6.07) is 11.4. The number of hydrogen-bond donors (Lipinski definition) is 1. The molecule has 1 heterocycles. The molecule has 0 aliphatic rings. The molecule has 0 saturated carbocycles. The predicted molar refractivity (Wildman–Crippen MR) is 114 cm³/mol. The highest BCUT2D eigenvalue weighted by Gasteiger charge is 2.21. The maximum atomic E-state index is 13.2. The number of ether oxygens (including phenoxy) is 2. The molecular weight excluding hydrogens is 421 g/mol. The van der Waals surface area contributed by atoms with E-state index in [9.17, 15) is 24.1 Å². The van der Waals surface area contributed by atoms with Crippen molar-refractivity contribution in [2.75, 3.05) is 19.0 Å². The van der Waals surface area contributed by atoms with Crippen molar-refractivity contribution < 1.29 is 28.4 Å². The molecule has 3 aromatic rings. The monoisotopic (exact) mass is 441 g/mol. The van der Waals surface area contributed by atoms with Gasteiger partial charge in [-0.1, -0.05) is 0 Å². The summed E-state index contributed by atoms with van der Waals surface area (Å²) in [5.41, 5.74) is 1.79. The largest absolute Gasteiger partial charge is 0.496 e. The van der Waals surface area contributed by atoms with Crippen LogP contribution < -0.4 is 10.1 Å². The summed E-state index contributed by atoms with van der Waals surface area (Å²) in [5.74, 6) is -1.58. The number of amides is 1. The number of esters is 1. The molecule has 10 heteroatoms. The Bertz CT molecular complexity index is 1190. The van der Waals surface area contributed by atoms with Crippen LogP contribution in [0.4, 0.5) is 15.8 Å². The smallest absolute Gasteiger partial charge is 0.340 e. The number of aromatic nitrogens is 1. The van der Waals surface area contributed by atoms with Crippen LogP contribution in [0, 0.1) is 29.8 Å². The van der Waals surface area contributed by atoms with Crippen molar-refractivity contribution in [3.8, 4) is 11.4 Å². The summed E-state index contributed by atoms with van der Waals surface area (Å²) in [7, 11) is 1.36. The Morgan fingerprint density at radius 1 is 1.12 bits per heavy atom. The van der Waals surface area contributed by atoms with Crippen LogP contribution in [0.3, 0.4) is 0 Å². The number of hydrogen-bond acceptors (Lipinski definition) is 6. The summed E-state index contributed by atoms with van der Waals surface area (Å²) in [6.07, 6.45) is 0. The molecule has 2 aromatic carbocycles. The summed E-state index contributed by atoms with van der Waals surface area (Å²) in [6.45, 7) is 2.85. The number of anilines is 1. The van der Waals surface area contributed by atoms with Crippen LogP contribution in [0.25, 0.3) is 5.69 Å². The Morgan fingerprint density at radius 2 is 1.81 bits per heavy atom. The number of carbonyl (C=O) groups is 2. The van der Waals surface area contributed by atoms with Gasteiger partial charge in [0.05, 0.1) is 23.7 Å². The van der Waals surface area contributed by atoms with E-state index in [-0.39, 0.29) is 28.5 Å². The van der Waals surface area contributed by atoms with Gasteiger partial charge in [0.2, 0.25) is 0 Å². The predicted octanol–water partition coefficient (Wildman–Crippen LogP) is 3.95. The molecule has 32 heavy (non-hydrogen) atoms. The van der Waals surface area contributed by atoms with Gasteiger partial charge in [-0.15, -0.1) is 0 Å². The molecule has 3 rings (SSSR count). The van der Waals surface area contributed by atoms with E-state index >= 15 is 0 Å². The molecule has 0 atom stereocenters. The first-order chi connectivity index (χ1) is 15.2. The average molecular weight is 441 g/mol. The summed E-state index contributed by atoms with van der Waals surface area (Å²) >= 11 is 0. The molecule has 0 bridgehead atoms. The molecule has 0 spiro atoms. The second-order valence-electron chi connectivity index (χ2n) is 6.86. The molecule has 1 N–H and O–H groups in total. The zero-order chi connectivity index (χ0) is 23.4. The van der Waals surface area contributed by atoms with Crippen LogP contribution in [0.5, 0.6) is 5.75 Å². The van der Waals surface area contributed by atoms with Crippen molar-refractivity contribution in [2.45, 2.75) is 13.8 Å². The lowest BCUT2D eigenvalue weighted by atomic mass is 10.2. The average Bonchev–Trinajstić information content (AvgIpc) is 3.07.